The Labute approximate surface area is 148 Å². The molecule has 136 valence electrons. The van der Waals surface area contributed by atoms with E-state index >= 15 is 0 Å². The first kappa shape index (κ1) is 17.5. The number of carbonyl (C=O) groups is 1. The molecule has 3 aromatic rings. The molecular formula is C17H18N4O5. The molecule has 0 bridgehead atoms. The second-order valence-electron chi connectivity index (χ2n) is 5.62. The first-order valence-electron chi connectivity index (χ1n) is 7.80. The van der Waals surface area contributed by atoms with Crippen LogP contribution in [0, 0.1) is 13.8 Å². The summed E-state index contributed by atoms with van der Waals surface area (Å²) in [6.45, 7) is 3.09. The molecule has 0 spiro atoms. The molecular weight excluding hydrogens is 340 g/mol. The number of carbonyl (C=O) groups excluding carboxylic acids is 1. The minimum Gasteiger partial charge on any atom is -0.493 e. The van der Waals surface area contributed by atoms with E-state index in [1.165, 1.54) is 18.8 Å². The number of nitrogens with zero attached hydrogens (tertiary/aromatic N) is 3. The van der Waals surface area contributed by atoms with E-state index in [9.17, 15) is 9.59 Å². The number of rotatable bonds is 5. The minimum absolute atomic E-state index is 0.168. The van der Waals surface area contributed by atoms with E-state index in [1.807, 2.05) is 0 Å². The number of nitrogens with one attached hydrogen (secondary N) is 1. The van der Waals surface area contributed by atoms with Crippen LogP contribution in [0.4, 0.5) is 5.69 Å². The highest BCUT2D eigenvalue weighted by atomic mass is 16.5. The molecule has 9 nitrogen and oxygen atoms in total. The van der Waals surface area contributed by atoms with Crippen molar-refractivity contribution in [1.82, 2.24) is 14.7 Å². The summed E-state index contributed by atoms with van der Waals surface area (Å²) >= 11 is 0. The third kappa shape index (κ3) is 3.10. The first-order chi connectivity index (χ1) is 12.4. The summed E-state index contributed by atoms with van der Waals surface area (Å²) in [6, 6.07) is 5.00. The molecule has 1 N–H and O–H groups in total. The Morgan fingerprint density at radius 2 is 1.96 bits per heavy atom. The highest BCUT2D eigenvalue weighted by molar-refractivity contribution is 5.91. The summed E-state index contributed by atoms with van der Waals surface area (Å²) in [5.74, 6) is 1.02. The van der Waals surface area contributed by atoms with Gasteiger partial charge in [-0.25, -0.2) is 0 Å². The fraction of sp³-hybridized carbons (Fsp3) is 0.294. The fourth-order valence-electron chi connectivity index (χ4n) is 2.61. The van der Waals surface area contributed by atoms with Crippen LogP contribution in [0.1, 0.15) is 11.5 Å². The number of hydrogen-bond acceptors (Lipinski definition) is 7. The second-order valence-corrected chi connectivity index (χ2v) is 5.62. The van der Waals surface area contributed by atoms with Gasteiger partial charge in [0.15, 0.2) is 11.5 Å². The Morgan fingerprint density at radius 3 is 2.65 bits per heavy atom. The molecule has 9 heteroatoms. The maximum Gasteiger partial charge on any atom is 0.267 e. The fourth-order valence-corrected chi connectivity index (χ4v) is 2.61. The van der Waals surface area contributed by atoms with Crippen LogP contribution in [0.5, 0.6) is 11.5 Å². The van der Waals surface area contributed by atoms with Gasteiger partial charge in [-0.05, 0) is 26.0 Å². The standard InChI is InChI=1S/C17H18N4O5/c1-9-15-16(26-20-9)18-10(2)21(17(15)23)8-14(22)19-11-5-6-12(24-3)13(7-11)25-4/h5-7H,8H2,1-4H3,(H,19,22). The van der Waals surface area contributed by atoms with E-state index in [2.05, 4.69) is 15.5 Å². The summed E-state index contributed by atoms with van der Waals surface area (Å²) in [4.78, 5) is 29.2. The number of benzene rings is 1. The van der Waals surface area contributed by atoms with Crippen molar-refractivity contribution in [3.05, 3.63) is 40.1 Å². The van der Waals surface area contributed by atoms with E-state index in [4.69, 9.17) is 14.0 Å². The maximum atomic E-state index is 12.6. The number of aromatic nitrogens is 3. The van der Waals surface area contributed by atoms with Crippen LogP contribution in [0.15, 0.2) is 27.5 Å². The predicted molar refractivity (Wildman–Crippen MR) is 93.7 cm³/mol. The van der Waals surface area contributed by atoms with Gasteiger partial charge < -0.3 is 19.3 Å². The lowest BCUT2D eigenvalue weighted by molar-refractivity contribution is -0.116. The third-order valence-corrected chi connectivity index (χ3v) is 3.93. The van der Waals surface area contributed by atoms with Crippen molar-refractivity contribution < 1.29 is 18.8 Å². The topological polar surface area (TPSA) is 108 Å². The van der Waals surface area contributed by atoms with E-state index in [-0.39, 0.29) is 29.1 Å². The molecule has 0 unspecified atom stereocenters. The smallest absolute Gasteiger partial charge is 0.267 e. The summed E-state index contributed by atoms with van der Waals surface area (Å²) in [7, 11) is 3.04. The molecule has 0 aliphatic carbocycles. The Morgan fingerprint density at radius 1 is 1.23 bits per heavy atom. The summed E-state index contributed by atoms with van der Waals surface area (Å²) < 4.78 is 16.7. The Kier molecular flexibility index (Phi) is 4.61. The number of ether oxygens (including phenoxy) is 2. The van der Waals surface area contributed by atoms with E-state index in [0.717, 1.165) is 0 Å². The zero-order chi connectivity index (χ0) is 18.8. The van der Waals surface area contributed by atoms with Crippen LogP contribution >= 0.6 is 0 Å². The largest absolute Gasteiger partial charge is 0.493 e. The van der Waals surface area contributed by atoms with E-state index in [1.54, 1.807) is 32.0 Å². The van der Waals surface area contributed by atoms with Gasteiger partial charge >= 0.3 is 0 Å². The van der Waals surface area contributed by atoms with Crippen molar-refractivity contribution in [2.75, 3.05) is 19.5 Å². The SMILES string of the molecule is COc1ccc(NC(=O)Cn2c(C)nc3onc(C)c3c2=O)cc1OC. The maximum absolute atomic E-state index is 12.6. The monoisotopic (exact) mass is 358 g/mol. The van der Waals surface area contributed by atoms with Crippen LogP contribution in [0.3, 0.4) is 0 Å². The van der Waals surface area contributed by atoms with Gasteiger partial charge in [0.25, 0.3) is 11.3 Å². The van der Waals surface area contributed by atoms with Crippen LogP contribution < -0.4 is 20.3 Å². The molecule has 2 heterocycles. The number of fused-ring (bicyclic) bond motifs is 1. The summed E-state index contributed by atoms with van der Waals surface area (Å²) in [5.41, 5.74) is 0.760. The highest BCUT2D eigenvalue weighted by Crippen LogP contribution is 2.29. The van der Waals surface area contributed by atoms with Gasteiger partial charge in [-0.15, -0.1) is 0 Å². The molecule has 0 radical (unpaired) electrons. The molecule has 2 aromatic heterocycles. The molecule has 26 heavy (non-hydrogen) atoms. The van der Waals surface area contributed by atoms with Gasteiger partial charge in [0, 0.05) is 11.8 Å². The third-order valence-electron chi connectivity index (χ3n) is 3.93. The van der Waals surface area contributed by atoms with Crippen molar-refractivity contribution in [1.29, 1.82) is 0 Å². The average Bonchev–Trinajstić information content (AvgIpc) is 2.99. The van der Waals surface area contributed by atoms with E-state index < -0.39 is 0 Å². The Bertz CT molecular complexity index is 1040. The Balaban J connectivity index is 1.86. The number of amides is 1. The number of hydrogen-bond donors (Lipinski definition) is 1. The molecule has 0 saturated carbocycles. The van der Waals surface area contributed by atoms with Crippen LogP contribution in [-0.4, -0.2) is 34.8 Å². The van der Waals surface area contributed by atoms with Gasteiger partial charge in [-0.3, -0.25) is 14.2 Å². The second kappa shape index (κ2) is 6.87. The summed E-state index contributed by atoms with van der Waals surface area (Å²) in [6.07, 6.45) is 0. The van der Waals surface area contributed by atoms with Crippen molar-refractivity contribution in [3.8, 4) is 11.5 Å². The first-order valence-corrected chi connectivity index (χ1v) is 7.80. The zero-order valence-electron chi connectivity index (χ0n) is 14.8. The Hall–Kier alpha value is -3.36. The molecule has 0 aliphatic rings. The van der Waals surface area contributed by atoms with Crippen molar-refractivity contribution in [2.24, 2.45) is 0 Å². The zero-order valence-corrected chi connectivity index (χ0v) is 14.8. The molecule has 1 amide bonds. The lowest BCUT2D eigenvalue weighted by Gasteiger charge is -2.12. The number of methoxy groups -OCH3 is 2. The van der Waals surface area contributed by atoms with Crippen LogP contribution in [0.2, 0.25) is 0 Å². The van der Waals surface area contributed by atoms with Gasteiger partial charge in [0.1, 0.15) is 17.8 Å². The summed E-state index contributed by atoms with van der Waals surface area (Å²) in [5, 5.41) is 6.74. The molecule has 1 aromatic carbocycles. The predicted octanol–water partition coefficient (Wildman–Crippen LogP) is 1.66. The van der Waals surface area contributed by atoms with Crippen molar-refractivity contribution >= 4 is 22.7 Å². The highest BCUT2D eigenvalue weighted by Gasteiger charge is 2.17. The number of anilines is 1. The van der Waals surface area contributed by atoms with Crippen molar-refractivity contribution in [3.63, 3.8) is 0 Å². The van der Waals surface area contributed by atoms with Crippen LogP contribution in [-0.2, 0) is 11.3 Å². The number of aryl methyl sites for hydroxylation is 2. The van der Waals surface area contributed by atoms with Crippen LogP contribution in [0.25, 0.3) is 11.1 Å². The van der Waals surface area contributed by atoms with Gasteiger partial charge in [-0.1, -0.05) is 5.16 Å². The average molecular weight is 358 g/mol. The van der Waals surface area contributed by atoms with Gasteiger partial charge in [0.05, 0.1) is 19.9 Å². The molecule has 0 saturated heterocycles. The molecule has 0 fully saturated rings. The molecule has 3 rings (SSSR count). The molecule has 0 aliphatic heterocycles. The van der Waals surface area contributed by atoms with Gasteiger partial charge in [-0.2, -0.15) is 4.98 Å². The molecule has 0 atom stereocenters. The quantitative estimate of drug-likeness (QED) is 0.739. The van der Waals surface area contributed by atoms with E-state index in [0.29, 0.717) is 28.7 Å². The lowest BCUT2D eigenvalue weighted by atomic mass is 10.2. The van der Waals surface area contributed by atoms with Crippen molar-refractivity contribution in [2.45, 2.75) is 20.4 Å². The van der Waals surface area contributed by atoms with Gasteiger partial charge in [0.2, 0.25) is 5.91 Å². The lowest BCUT2D eigenvalue weighted by Crippen LogP contribution is -2.30. The minimum atomic E-state index is -0.377. The normalized spacial score (nSPS) is 10.8.